The Morgan fingerprint density at radius 3 is 2.17 bits per heavy atom. The SMILES string of the molecule is Cl.NC(=O)c1c(-c2ccc(C(F)(F)F)cc2)cccc1-c1ccc2c(c1)CCN2. The predicted octanol–water partition coefficient (Wildman–Crippen LogP) is 5.53. The first-order chi connectivity index (χ1) is 13.3. The summed E-state index contributed by atoms with van der Waals surface area (Å²) in [6.45, 7) is 0.868. The van der Waals surface area contributed by atoms with Crippen molar-refractivity contribution in [3.8, 4) is 22.3 Å². The average molecular weight is 419 g/mol. The molecule has 1 heterocycles. The highest BCUT2D eigenvalue weighted by molar-refractivity contribution is 6.06. The van der Waals surface area contributed by atoms with Crippen molar-refractivity contribution in [2.45, 2.75) is 12.6 Å². The zero-order valence-corrected chi connectivity index (χ0v) is 16.0. The number of rotatable bonds is 3. The summed E-state index contributed by atoms with van der Waals surface area (Å²) in [6.07, 6.45) is -3.51. The maximum absolute atomic E-state index is 12.8. The van der Waals surface area contributed by atoms with E-state index in [0.29, 0.717) is 22.3 Å². The molecule has 1 aliphatic rings. The van der Waals surface area contributed by atoms with Gasteiger partial charge in [-0.3, -0.25) is 4.79 Å². The molecule has 3 aromatic carbocycles. The average Bonchev–Trinajstić information content (AvgIpc) is 3.14. The van der Waals surface area contributed by atoms with Gasteiger partial charge in [-0.1, -0.05) is 36.4 Å². The van der Waals surface area contributed by atoms with Gasteiger partial charge in [0.1, 0.15) is 0 Å². The molecule has 0 saturated carbocycles. The van der Waals surface area contributed by atoms with Crippen molar-refractivity contribution < 1.29 is 18.0 Å². The van der Waals surface area contributed by atoms with Crippen LogP contribution in [0.5, 0.6) is 0 Å². The summed E-state index contributed by atoms with van der Waals surface area (Å²) >= 11 is 0. The standard InChI is InChI=1S/C22H17F3N2O.ClH/c23-22(24,25)16-7-4-13(5-8-16)17-2-1-3-18(20(17)21(26)28)14-6-9-19-15(12-14)10-11-27-19;/h1-9,12,27H,10-11H2,(H2,26,28);1H. The fraction of sp³-hybridized carbons (Fsp3) is 0.136. The van der Waals surface area contributed by atoms with E-state index in [1.54, 1.807) is 18.2 Å². The van der Waals surface area contributed by atoms with Crippen LogP contribution in [0.3, 0.4) is 0 Å². The smallest absolute Gasteiger partial charge is 0.384 e. The minimum absolute atomic E-state index is 0. The van der Waals surface area contributed by atoms with Crippen LogP contribution >= 0.6 is 12.4 Å². The number of nitrogens with one attached hydrogen (secondary N) is 1. The molecule has 0 atom stereocenters. The third-order valence-corrected chi connectivity index (χ3v) is 4.96. The number of alkyl halides is 3. The Balaban J connectivity index is 0.00000240. The molecule has 0 radical (unpaired) electrons. The zero-order chi connectivity index (χ0) is 19.9. The largest absolute Gasteiger partial charge is 0.416 e. The van der Waals surface area contributed by atoms with Gasteiger partial charge in [0.05, 0.1) is 11.1 Å². The van der Waals surface area contributed by atoms with E-state index < -0.39 is 17.6 Å². The molecule has 4 rings (SSSR count). The lowest BCUT2D eigenvalue weighted by Gasteiger charge is -2.14. The van der Waals surface area contributed by atoms with Crippen LogP contribution in [-0.2, 0) is 12.6 Å². The van der Waals surface area contributed by atoms with Crippen LogP contribution in [0, 0.1) is 0 Å². The van der Waals surface area contributed by atoms with Crippen LogP contribution in [0.4, 0.5) is 18.9 Å². The molecule has 0 aromatic heterocycles. The van der Waals surface area contributed by atoms with Gasteiger partial charge < -0.3 is 11.1 Å². The van der Waals surface area contributed by atoms with Crippen LogP contribution in [0.2, 0.25) is 0 Å². The molecule has 0 spiro atoms. The summed E-state index contributed by atoms with van der Waals surface area (Å²) < 4.78 is 38.5. The number of nitrogens with two attached hydrogens (primary N) is 1. The first-order valence-corrected chi connectivity index (χ1v) is 8.82. The minimum atomic E-state index is -4.41. The van der Waals surface area contributed by atoms with Gasteiger partial charge in [-0.05, 0) is 58.5 Å². The number of anilines is 1. The number of amides is 1. The molecular weight excluding hydrogens is 401 g/mol. The molecule has 1 aliphatic heterocycles. The summed E-state index contributed by atoms with van der Waals surface area (Å²) in [5.41, 5.74) is 10.0. The fourth-order valence-corrected chi connectivity index (χ4v) is 3.61. The highest BCUT2D eigenvalue weighted by atomic mass is 35.5. The number of carbonyl (C=O) groups is 1. The Bertz CT molecular complexity index is 1060. The van der Waals surface area contributed by atoms with Crippen molar-refractivity contribution in [3.05, 3.63) is 77.4 Å². The van der Waals surface area contributed by atoms with Crippen molar-refractivity contribution in [1.29, 1.82) is 0 Å². The lowest BCUT2D eigenvalue weighted by atomic mass is 9.90. The summed E-state index contributed by atoms with van der Waals surface area (Å²) in [5.74, 6) is -0.621. The molecule has 3 nitrogen and oxygen atoms in total. The molecule has 150 valence electrons. The number of hydrogen-bond donors (Lipinski definition) is 2. The van der Waals surface area contributed by atoms with Crippen LogP contribution < -0.4 is 11.1 Å². The van der Waals surface area contributed by atoms with E-state index in [1.165, 1.54) is 12.1 Å². The molecule has 0 aliphatic carbocycles. The lowest BCUT2D eigenvalue weighted by molar-refractivity contribution is -0.137. The molecule has 3 N–H and O–H groups in total. The molecular formula is C22H18ClF3N2O. The highest BCUT2D eigenvalue weighted by Gasteiger charge is 2.30. The second-order valence-corrected chi connectivity index (χ2v) is 6.72. The van der Waals surface area contributed by atoms with Crippen molar-refractivity contribution in [2.24, 2.45) is 5.73 Å². The van der Waals surface area contributed by atoms with Gasteiger partial charge in [0.25, 0.3) is 0 Å². The Kier molecular flexibility index (Phi) is 5.57. The number of fused-ring (bicyclic) bond motifs is 1. The fourth-order valence-electron chi connectivity index (χ4n) is 3.61. The van der Waals surface area contributed by atoms with Gasteiger partial charge in [0, 0.05) is 12.2 Å². The van der Waals surface area contributed by atoms with Gasteiger partial charge in [0.2, 0.25) is 5.91 Å². The Morgan fingerprint density at radius 1 is 0.931 bits per heavy atom. The third kappa shape index (κ3) is 3.93. The molecule has 3 aromatic rings. The van der Waals surface area contributed by atoms with E-state index in [9.17, 15) is 18.0 Å². The van der Waals surface area contributed by atoms with E-state index in [-0.39, 0.29) is 12.4 Å². The maximum Gasteiger partial charge on any atom is 0.416 e. The quantitative estimate of drug-likeness (QED) is 0.587. The van der Waals surface area contributed by atoms with E-state index in [4.69, 9.17) is 5.73 Å². The Hall–Kier alpha value is -2.99. The first-order valence-electron chi connectivity index (χ1n) is 8.82. The van der Waals surface area contributed by atoms with E-state index in [2.05, 4.69) is 5.32 Å². The van der Waals surface area contributed by atoms with Crippen molar-refractivity contribution in [2.75, 3.05) is 11.9 Å². The number of hydrogen-bond acceptors (Lipinski definition) is 2. The Labute approximate surface area is 172 Å². The highest BCUT2D eigenvalue weighted by Crippen LogP contribution is 2.36. The van der Waals surface area contributed by atoms with Crippen molar-refractivity contribution in [3.63, 3.8) is 0 Å². The zero-order valence-electron chi connectivity index (χ0n) is 15.2. The summed E-state index contributed by atoms with van der Waals surface area (Å²) in [4.78, 5) is 12.3. The summed E-state index contributed by atoms with van der Waals surface area (Å²) in [7, 11) is 0. The lowest BCUT2D eigenvalue weighted by Crippen LogP contribution is -2.14. The second kappa shape index (κ2) is 7.79. The van der Waals surface area contributed by atoms with E-state index >= 15 is 0 Å². The Morgan fingerprint density at radius 2 is 1.55 bits per heavy atom. The van der Waals surface area contributed by atoms with Gasteiger partial charge in [-0.15, -0.1) is 12.4 Å². The van der Waals surface area contributed by atoms with Crippen LogP contribution in [0.1, 0.15) is 21.5 Å². The predicted molar refractivity (Wildman–Crippen MR) is 110 cm³/mol. The van der Waals surface area contributed by atoms with Gasteiger partial charge in [-0.2, -0.15) is 13.2 Å². The molecule has 0 saturated heterocycles. The van der Waals surface area contributed by atoms with Gasteiger partial charge in [-0.25, -0.2) is 0 Å². The molecule has 29 heavy (non-hydrogen) atoms. The summed E-state index contributed by atoms with van der Waals surface area (Å²) in [5, 5.41) is 3.29. The van der Waals surface area contributed by atoms with E-state index in [1.807, 2.05) is 18.2 Å². The molecule has 0 fully saturated rings. The maximum atomic E-state index is 12.8. The van der Waals surface area contributed by atoms with Crippen LogP contribution in [0.25, 0.3) is 22.3 Å². The van der Waals surface area contributed by atoms with E-state index in [0.717, 1.165) is 41.9 Å². The monoisotopic (exact) mass is 418 g/mol. The van der Waals surface area contributed by atoms with Crippen molar-refractivity contribution >= 4 is 24.0 Å². The normalized spacial score (nSPS) is 12.7. The number of carbonyl (C=O) groups excluding carboxylic acids is 1. The van der Waals surface area contributed by atoms with Crippen molar-refractivity contribution in [1.82, 2.24) is 0 Å². The summed E-state index contributed by atoms with van der Waals surface area (Å²) in [6, 6.07) is 15.9. The topological polar surface area (TPSA) is 55.1 Å². The number of benzene rings is 3. The number of primary amides is 1. The molecule has 1 amide bonds. The van der Waals surface area contributed by atoms with Crippen LogP contribution in [-0.4, -0.2) is 12.5 Å². The number of halogens is 4. The van der Waals surface area contributed by atoms with Gasteiger partial charge in [0.15, 0.2) is 0 Å². The first kappa shape index (κ1) is 20.7. The molecule has 7 heteroatoms. The second-order valence-electron chi connectivity index (χ2n) is 6.72. The van der Waals surface area contributed by atoms with Gasteiger partial charge >= 0.3 is 6.18 Å². The molecule has 0 bridgehead atoms. The molecule has 0 unspecified atom stereocenters. The third-order valence-electron chi connectivity index (χ3n) is 4.96. The van der Waals surface area contributed by atoms with Crippen LogP contribution in [0.15, 0.2) is 60.7 Å². The minimum Gasteiger partial charge on any atom is -0.384 e.